The van der Waals surface area contributed by atoms with Gasteiger partial charge in [-0.3, -0.25) is 0 Å². The van der Waals surface area contributed by atoms with Crippen molar-refractivity contribution in [3.63, 3.8) is 0 Å². The van der Waals surface area contributed by atoms with E-state index < -0.39 is 0 Å². The highest BCUT2D eigenvalue weighted by Crippen LogP contribution is 1.94. The topological polar surface area (TPSA) is 87.3 Å². The summed E-state index contributed by atoms with van der Waals surface area (Å²) >= 11 is 0. The average molecular weight is 143 g/mol. The van der Waals surface area contributed by atoms with Crippen LogP contribution in [0.2, 0.25) is 0 Å². The lowest BCUT2D eigenvalue weighted by molar-refractivity contribution is 0.228. The second kappa shape index (κ2) is 4.69. The summed E-state index contributed by atoms with van der Waals surface area (Å²) in [6, 6.07) is 0. The van der Waals surface area contributed by atoms with E-state index in [4.69, 9.17) is 21.9 Å². The highest BCUT2D eigenvalue weighted by molar-refractivity contribution is 5.20. The van der Waals surface area contributed by atoms with E-state index >= 15 is 0 Å². The van der Waals surface area contributed by atoms with Gasteiger partial charge in [0.1, 0.15) is 0 Å². The van der Waals surface area contributed by atoms with Gasteiger partial charge < -0.3 is 21.9 Å². The maximum atomic E-state index is 5.21. The van der Waals surface area contributed by atoms with E-state index in [0.29, 0.717) is 6.61 Å². The zero-order valence-corrected chi connectivity index (χ0v) is 6.00. The number of hydrogen-bond donors (Lipinski definition) is 3. The van der Waals surface area contributed by atoms with E-state index in [2.05, 4.69) is 0 Å². The molecule has 0 unspecified atom stereocenters. The van der Waals surface area contributed by atoms with Crippen molar-refractivity contribution in [2.24, 2.45) is 17.2 Å². The minimum atomic E-state index is 0.230. The van der Waals surface area contributed by atoms with E-state index in [-0.39, 0.29) is 5.82 Å². The van der Waals surface area contributed by atoms with E-state index in [1.807, 2.05) is 0 Å². The highest BCUT2D eigenvalue weighted by Gasteiger charge is 1.89. The van der Waals surface area contributed by atoms with Crippen LogP contribution in [0.15, 0.2) is 23.7 Å². The molecule has 0 aliphatic rings. The molecule has 4 heteroatoms. The fraction of sp³-hybridized carbons (Fsp3) is 0.333. The van der Waals surface area contributed by atoms with Crippen molar-refractivity contribution in [2.75, 3.05) is 13.7 Å². The Balaban J connectivity index is 3.98. The smallest absolute Gasteiger partial charge is 0.0937 e. The summed E-state index contributed by atoms with van der Waals surface area (Å²) in [7, 11) is 1.57. The Hall–Kier alpha value is -1.16. The Morgan fingerprint density at radius 3 is 2.40 bits per heavy atom. The van der Waals surface area contributed by atoms with Gasteiger partial charge in [-0.1, -0.05) is 0 Å². The lowest BCUT2D eigenvalue weighted by Crippen LogP contribution is -2.09. The summed E-state index contributed by atoms with van der Waals surface area (Å²) in [5.41, 5.74) is 16.3. The zero-order valence-electron chi connectivity index (χ0n) is 6.00. The number of methoxy groups -OCH3 is 1. The van der Waals surface area contributed by atoms with Crippen LogP contribution >= 0.6 is 0 Å². The van der Waals surface area contributed by atoms with Crippen molar-refractivity contribution in [1.82, 2.24) is 0 Å². The van der Waals surface area contributed by atoms with Crippen LogP contribution in [0.5, 0.6) is 0 Å². The second-order valence-electron chi connectivity index (χ2n) is 1.82. The molecule has 0 amide bonds. The minimum absolute atomic E-state index is 0.230. The van der Waals surface area contributed by atoms with Crippen LogP contribution in [0.25, 0.3) is 0 Å². The molecule has 0 aromatic heterocycles. The monoisotopic (exact) mass is 143 g/mol. The summed E-state index contributed by atoms with van der Waals surface area (Å²) in [6.45, 7) is 0.425. The molecule has 0 fully saturated rings. The van der Waals surface area contributed by atoms with Gasteiger partial charge in [0.05, 0.1) is 12.4 Å². The summed E-state index contributed by atoms with van der Waals surface area (Å²) in [4.78, 5) is 0. The number of rotatable bonds is 3. The third-order valence-corrected chi connectivity index (χ3v) is 0.877. The van der Waals surface area contributed by atoms with Crippen molar-refractivity contribution >= 4 is 0 Å². The number of ether oxygens (including phenoxy) is 1. The molecule has 10 heavy (non-hydrogen) atoms. The number of hydrogen-bond acceptors (Lipinski definition) is 4. The molecular formula is C6H13N3O. The predicted octanol–water partition coefficient (Wildman–Crippen LogP) is -0.766. The fourth-order valence-electron chi connectivity index (χ4n) is 0.519. The summed E-state index contributed by atoms with van der Waals surface area (Å²) < 4.78 is 4.79. The molecule has 0 saturated heterocycles. The van der Waals surface area contributed by atoms with Crippen molar-refractivity contribution < 1.29 is 4.74 Å². The maximum Gasteiger partial charge on any atom is 0.0937 e. The molecule has 0 aromatic carbocycles. The molecule has 0 aromatic rings. The molecule has 0 atom stereocenters. The van der Waals surface area contributed by atoms with Crippen molar-refractivity contribution in [3.8, 4) is 0 Å². The SMILES string of the molecule is COC/C(C=C(N)N)=C/N. The van der Waals surface area contributed by atoms with Gasteiger partial charge in [-0.25, -0.2) is 0 Å². The first kappa shape index (κ1) is 8.84. The molecule has 58 valence electrons. The van der Waals surface area contributed by atoms with Crippen molar-refractivity contribution in [3.05, 3.63) is 23.7 Å². The standard InChI is InChI=1S/C6H13N3O/c1-10-4-5(3-7)2-6(8)9/h2-3H,4,7-9H2,1H3/b5-3+. The van der Waals surface area contributed by atoms with Crippen LogP contribution in [0.3, 0.4) is 0 Å². The van der Waals surface area contributed by atoms with Gasteiger partial charge in [0.25, 0.3) is 0 Å². The quantitative estimate of drug-likeness (QED) is 0.453. The van der Waals surface area contributed by atoms with Gasteiger partial charge in [0.2, 0.25) is 0 Å². The van der Waals surface area contributed by atoms with Crippen LogP contribution in [-0.4, -0.2) is 13.7 Å². The summed E-state index contributed by atoms with van der Waals surface area (Å²) in [5.74, 6) is 0.230. The lowest BCUT2D eigenvalue weighted by atomic mass is 10.3. The molecule has 0 radical (unpaired) electrons. The van der Waals surface area contributed by atoms with Crippen molar-refractivity contribution in [1.29, 1.82) is 0 Å². The Morgan fingerprint density at radius 2 is 2.10 bits per heavy atom. The van der Waals surface area contributed by atoms with Gasteiger partial charge in [-0.15, -0.1) is 0 Å². The van der Waals surface area contributed by atoms with Gasteiger partial charge in [0, 0.05) is 7.11 Å². The van der Waals surface area contributed by atoms with E-state index in [9.17, 15) is 0 Å². The largest absolute Gasteiger partial charge is 0.404 e. The van der Waals surface area contributed by atoms with Gasteiger partial charge in [-0.05, 0) is 17.8 Å². The molecule has 0 aliphatic carbocycles. The minimum Gasteiger partial charge on any atom is -0.404 e. The molecular weight excluding hydrogens is 130 g/mol. The number of nitrogens with two attached hydrogens (primary N) is 3. The van der Waals surface area contributed by atoms with Gasteiger partial charge in [0.15, 0.2) is 0 Å². The van der Waals surface area contributed by atoms with Crippen LogP contribution in [-0.2, 0) is 4.74 Å². The molecule has 0 bridgehead atoms. The Kier molecular flexibility index (Phi) is 4.15. The van der Waals surface area contributed by atoms with Gasteiger partial charge in [-0.2, -0.15) is 0 Å². The molecule has 6 N–H and O–H groups in total. The highest BCUT2D eigenvalue weighted by atomic mass is 16.5. The van der Waals surface area contributed by atoms with E-state index in [1.54, 1.807) is 13.2 Å². The Morgan fingerprint density at radius 1 is 1.50 bits per heavy atom. The zero-order chi connectivity index (χ0) is 7.98. The molecule has 0 rings (SSSR count). The summed E-state index contributed by atoms with van der Waals surface area (Å²) in [6.07, 6.45) is 2.96. The first-order valence-corrected chi connectivity index (χ1v) is 2.83. The van der Waals surface area contributed by atoms with Crippen LogP contribution < -0.4 is 17.2 Å². The van der Waals surface area contributed by atoms with Crippen LogP contribution in [0.4, 0.5) is 0 Å². The predicted molar refractivity (Wildman–Crippen MR) is 40.6 cm³/mol. The maximum absolute atomic E-state index is 5.21. The third kappa shape index (κ3) is 3.80. The lowest BCUT2D eigenvalue weighted by Gasteiger charge is -1.98. The first-order chi connectivity index (χ1) is 4.70. The average Bonchev–Trinajstić information content (AvgIpc) is 1.86. The molecule has 0 heterocycles. The van der Waals surface area contributed by atoms with Crippen LogP contribution in [0.1, 0.15) is 0 Å². The molecule has 0 spiro atoms. The molecule has 0 saturated carbocycles. The molecule has 0 aliphatic heterocycles. The van der Waals surface area contributed by atoms with Crippen molar-refractivity contribution in [2.45, 2.75) is 0 Å². The molecule has 4 nitrogen and oxygen atoms in total. The van der Waals surface area contributed by atoms with Gasteiger partial charge >= 0.3 is 0 Å². The van der Waals surface area contributed by atoms with Crippen LogP contribution in [0, 0.1) is 0 Å². The van der Waals surface area contributed by atoms with E-state index in [1.165, 1.54) is 6.20 Å². The second-order valence-corrected chi connectivity index (χ2v) is 1.82. The third-order valence-electron chi connectivity index (χ3n) is 0.877. The fourth-order valence-corrected chi connectivity index (χ4v) is 0.519. The normalized spacial score (nSPS) is 11.1. The summed E-state index contributed by atoms with van der Waals surface area (Å²) in [5, 5.41) is 0. The van der Waals surface area contributed by atoms with E-state index in [0.717, 1.165) is 5.57 Å². The Bertz CT molecular complexity index is 147. The Labute approximate surface area is 60.3 Å². The first-order valence-electron chi connectivity index (χ1n) is 2.83.